The van der Waals surface area contributed by atoms with E-state index in [-0.39, 0.29) is 12.5 Å². The molecule has 1 aliphatic heterocycles. The Hall–Kier alpha value is -1.11. The zero-order valence-electron chi connectivity index (χ0n) is 11.7. The molecule has 1 aromatic carbocycles. The second-order valence-corrected chi connectivity index (χ2v) is 7.22. The van der Waals surface area contributed by atoms with Crippen LogP contribution in [0.4, 0.5) is 0 Å². The summed E-state index contributed by atoms with van der Waals surface area (Å²) in [5.41, 5.74) is 0.846. The molecule has 0 bridgehead atoms. The van der Waals surface area contributed by atoms with Crippen molar-refractivity contribution in [3.05, 3.63) is 29.8 Å². The summed E-state index contributed by atoms with van der Waals surface area (Å²) in [7, 11) is -3.10. The van der Waals surface area contributed by atoms with E-state index in [9.17, 15) is 8.42 Å². The fourth-order valence-corrected chi connectivity index (χ4v) is 3.31. The van der Waals surface area contributed by atoms with Crippen LogP contribution in [0.15, 0.2) is 24.3 Å². The Labute approximate surface area is 120 Å². The first-order valence-electron chi connectivity index (χ1n) is 6.77. The summed E-state index contributed by atoms with van der Waals surface area (Å²) in [5.74, 6) is 0.981. The Kier molecular flexibility index (Phi) is 5.01. The van der Waals surface area contributed by atoms with E-state index >= 15 is 0 Å². The smallest absolute Gasteiger partial charge is 0.211 e. The van der Waals surface area contributed by atoms with Crippen molar-refractivity contribution >= 4 is 10.0 Å². The number of aliphatic hydroxyl groups excluding tert-OH is 1. The van der Waals surface area contributed by atoms with Gasteiger partial charge in [-0.3, -0.25) is 0 Å². The summed E-state index contributed by atoms with van der Waals surface area (Å²) in [4.78, 5) is 0. The van der Waals surface area contributed by atoms with Gasteiger partial charge < -0.3 is 9.84 Å². The second kappa shape index (κ2) is 6.56. The van der Waals surface area contributed by atoms with E-state index in [2.05, 4.69) is 0 Å². The molecule has 20 heavy (non-hydrogen) atoms. The molecular weight excluding hydrogens is 278 g/mol. The molecule has 1 aliphatic rings. The van der Waals surface area contributed by atoms with Gasteiger partial charge in [0, 0.05) is 19.0 Å². The Morgan fingerprint density at radius 3 is 2.65 bits per heavy atom. The van der Waals surface area contributed by atoms with Crippen LogP contribution in [0, 0.1) is 5.92 Å². The Balaban J connectivity index is 1.87. The van der Waals surface area contributed by atoms with Crippen molar-refractivity contribution in [1.29, 1.82) is 0 Å². The summed E-state index contributed by atoms with van der Waals surface area (Å²) in [5, 5.41) is 8.96. The van der Waals surface area contributed by atoms with E-state index in [4.69, 9.17) is 9.84 Å². The number of nitrogens with zero attached hydrogens (tertiary/aromatic N) is 1. The minimum atomic E-state index is -3.10. The first-order valence-corrected chi connectivity index (χ1v) is 8.61. The molecule has 1 N–H and O–H groups in total. The number of hydrogen-bond acceptors (Lipinski definition) is 4. The van der Waals surface area contributed by atoms with E-state index in [0.29, 0.717) is 19.7 Å². The molecule has 1 aromatic rings. The summed E-state index contributed by atoms with van der Waals surface area (Å²) in [6.07, 6.45) is 3.12. The third-order valence-corrected chi connectivity index (χ3v) is 4.81. The minimum absolute atomic E-state index is 0.0201. The van der Waals surface area contributed by atoms with Gasteiger partial charge in [0.1, 0.15) is 5.75 Å². The van der Waals surface area contributed by atoms with Gasteiger partial charge in [0.2, 0.25) is 10.0 Å². The van der Waals surface area contributed by atoms with Crippen molar-refractivity contribution in [2.24, 2.45) is 5.92 Å². The van der Waals surface area contributed by atoms with E-state index in [0.717, 1.165) is 24.2 Å². The predicted molar refractivity (Wildman–Crippen MR) is 77.0 cm³/mol. The molecular formula is C14H21NO4S. The van der Waals surface area contributed by atoms with E-state index < -0.39 is 10.0 Å². The summed E-state index contributed by atoms with van der Waals surface area (Å²) in [6.45, 7) is 1.69. The van der Waals surface area contributed by atoms with Gasteiger partial charge in [0.15, 0.2) is 0 Å². The number of rotatable bonds is 5. The van der Waals surface area contributed by atoms with Crippen molar-refractivity contribution in [3.8, 4) is 5.75 Å². The summed E-state index contributed by atoms with van der Waals surface area (Å²) < 4.78 is 30.3. The second-order valence-electron chi connectivity index (χ2n) is 5.24. The number of piperidine rings is 1. The van der Waals surface area contributed by atoms with Crippen molar-refractivity contribution in [2.45, 2.75) is 19.4 Å². The zero-order chi connectivity index (χ0) is 14.6. The average Bonchev–Trinajstić information content (AvgIpc) is 2.45. The molecule has 112 valence electrons. The Morgan fingerprint density at radius 2 is 2.05 bits per heavy atom. The number of aliphatic hydroxyl groups is 1. The highest BCUT2D eigenvalue weighted by atomic mass is 32.2. The number of sulfonamides is 1. The van der Waals surface area contributed by atoms with Crippen LogP contribution in [0.25, 0.3) is 0 Å². The van der Waals surface area contributed by atoms with Crippen LogP contribution in [0.1, 0.15) is 18.4 Å². The van der Waals surface area contributed by atoms with E-state index in [1.807, 2.05) is 24.3 Å². The lowest BCUT2D eigenvalue weighted by molar-refractivity contribution is 0.180. The molecule has 1 unspecified atom stereocenters. The van der Waals surface area contributed by atoms with Crippen LogP contribution in [0.5, 0.6) is 5.75 Å². The number of benzene rings is 1. The molecule has 1 fully saturated rings. The molecule has 1 atom stereocenters. The van der Waals surface area contributed by atoms with Crippen molar-refractivity contribution in [2.75, 3.05) is 26.0 Å². The Bertz CT molecular complexity index is 527. The molecule has 0 spiro atoms. The van der Waals surface area contributed by atoms with Gasteiger partial charge in [0.25, 0.3) is 0 Å². The highest BCUT2D eigenvalue weighted by Gasteiger charge is 2.26. The van der Waals surface area contributed by atoms with Gasteiger partial charge in [-0.2, -0.15) is 0 Å². The van der Waals surface area contributed by atoms with Gasteiger partial charge in [-0.15, -0.1) is 0 Å². The van der Waals surface area contributed by atoms with Gasteiger partial charge in [0.05, 0.1) is 19.5 Å². The third-order valence-electron chi connectivity index (χ3n) is 3.54. The van der Waals surface area contributed by atoms with Gasteiger partial charge >= 0.3 is 0 Å². The fourth-order valence-electron chi connectivity index (χ4n) is 2.37. The molecule has 0 amide bonds. The largest absolute Gasteiger partial charge is 0.493 e. The molecule has 1 saturated heterocycles. The maximum Gasteiger partial charge on any atom is 0.211 e. The SMILES string of the molecule is CS(=O)(=O)N1CCCC(COc2ccc(CO)cc2)C1. The monoisotopic (exact) mass is 299 g/mol. The number of ether oxygens (including phenoxy) is 1. The summed E-state index contributed by atoms with van der Waals surface area (Å²) >= 11 is 0. The minimum Gasteiger partial charge on any atom is -0.493 e. The lowest BCUT2D eigenvalue weighted by Gasteiger charge is -2.30. The molecule has 5 nitrogen and oxygen atoms in total. The van der Waals surface area contributed by atoms with Crippen LogP contribution in [0.3, 0.4) is 0 Å². The van der Waals surface area contributed by atoms with Crippen LogP contribution < -0.4 is 4.74 Å². The standard InChI is InChI=1S/C14H21NO4S/c1-20(17,18)15-8-2-3-13(9-15)11-19-14-6-4-12(10-16)5-7-14/h4-7,13,16H,2-3,8-11H2,1H3. The molecule has 6 heteroatoms. The van der Waals surface area contributed by atoms with Gasteiger partial charge in [-0.25, -0.2) is 12.7 Å². The van der Waals surface area contributed by atoms with Gasteiger partial charge in [-0.1, -0.05) is 12.1 Å². The van der Waals surface area contributed by atoms with E-state index in [1.165, 1.54) is 10.6 Å². The summed E-state index contributed by atoms with van der Waals surface area (Å²) in [6, 6.07) is 7.28. The van der Waals surface area contributed by atoms with Crippen LogP contribution in [-0.2, 0) is 16.6 Å². The number of hydrogen-bond donors (Lipinski definition) is 1. The maximum absolute atomic E-state index is 11.5. The van der Waals surface area contributed by atoms with E-state index in [1.54, 1.807) is 0 Å². The molecule has 2 rings (SSSR count). The van der Waals surface area contributed by atoms with Crippen LogP contribution in [-0.4, -0.2) is 43.8 Å². The van der Waals surface area contributed by atoms with Crippen LogP contribution >= 0.6 is 0 Å². The normalized spacial score (nSPS) is 20.8. The molecule has 1 heterocycles. The highest BCUT2D eigenvalue weighted by Crippen LogP contribution is 2.20. The molecule has 0 aliphatic carbocycles. The van der Waals surface area contributed by atoms with Crippen LogP contribution in [0.2, 0.25) is 0 Å². The molecule has 0 aromatic heterocycles. The zero-order valence-corrected chi connectivity index (χ0v) is 12.5. The van der Waals surface area contributed by atoms with Crippen molar-refractivity contribution < 1.29 is 18.3 Å². The first kappa shape index (κ1) is 15.3. The highest BCUT2D eigenvalue weighted by molar-refractivity contribution is 7.88. The topological polar surface area (TPSA) is 66.8 Å². The predicted octanol–water partition coefficient (Wildman–Crippen LogP) is 1.23. The average molecular weight is 299 g/mol. The van der Waals surface area contributed by atoms with Crippen molar-refractivity contribution in [1.82, 2.24) is 4.31 Å². The lowest BCUT2D eigenvalue weighted by Crippen LogP contribution is -2.40. The first-order chi connectivity index (χ1) is 9.49. The molecule has 0 saturated carbocycles. The third kappa shape index (κ3) is 4.19. The molecule has 0 radical (unpaired) electrons. The fraction of sp³-hybridized carbons (Fsp3) is 0.571. The quantitative estimate of drug-likeness (QED) is 0.888. The Morgan fingerprint density at radius 1 is 1.35 bits per heavy atom. The lowest BCUT2D eigenvalue weighted by atomic mass is 10.0. The maximum atomic E-state index is 11.5. The van der Waals surface area contributed by atoms with Gasteiger partial charge in [-0.05, 0) is 30.5 Å². The van der Waals surface area contributed by atoms with Crippen molar-refractivity contribution in [3.63, 3.8) is 0 Å².